The van der Waals surface area contributed by atoms with Crippen molar-refractivity contribution >= 4 is 17.4 Å². The van der Waals surface area contributed by atoms with E-state index in [-0.39, 0.29) is 17.7 Å². The van der Waals surface area contributed by atoms with Gasteiger partial charge in [0, 0.05) is 24.5 Å². The maximum atomic E-state index is 14.2. The van der Waals surface area contributed by atoms with Crippen molar-refractivity contribution in [2.24, 2.45) is 0 Å². The number of aliphatic hydroxyl groups is 1. The zero-order chi connectivity index (χ0) is 22.8. The maximum absolute atomic E-state index is 14.2. The van der Waals surface area contributed by atoms with Crippen LogP contribution in [0.4, 0.5) is 4.39 Å². The Hall–Kier alpha value is -4.00. The van der Waals surface area contributed by atoms with Crippen LogP contribution < -0.4 is 4.74 Å². The van der Waals surface area contributed by atoms with Crippen molar-refractivity contribution in [1.82, 2.24) is 9.88 Å². The summed E-state index contributed by atoms with van der Waals surface area (Å²) in [5, 5.41) is 11.0. The zero-order valence-corrected chi connectivity index (χ0v) is 17.6. The van der Waals surface area contributed by atoms with Gasteiger partial charge in [0.05, 0.1) is 18.7 Å². The largest absolute Gasteiger partial charge is 0.507 e. The molecule has 0 unspecified atom stereocenters. The number of carbonyl (C=O) groups excluding carboxylic acids is 2. The number of aryl methyl sites for hydroxylation is 1. The van der Waals surface area contributed by atoms with Crippen LogP contribution in [-0.2, 0) is 16.1 Å². The molecule has 1 aliphatic rings. The van der Waals surface area contributed by atoms with Gasteiger partial charge in [0.2, 0.25) is 0 Å². The fraction of sp³-hybridized carbons (Fsp3) is 0.160. The molecule has 7 heteroatoms. The number of aromatic nitrogens is 1. The molecule has 1 aliphatic heterocycles. The Morgan fingerprint density at radius 1 is 1.12 bits per heavy atom. The van der Waals surface area contributed by atoms with Gasteiger partial charge in [-0.3, -0.25) is 14.6 Å². The van der Waals surface area contributed by atoms with Crippen LogP contribution in [0.1, 0.15) is 28.3 Å². The highest BCUT2D eigenvalue weighted by Crippen LogP contribution is 2.41. The predicted molar refractivity (Wildman–Crippen MR) is 116 cm³/mol. The first-order chi connectivity index (χ1) is 15.4. The Labute approximate surface area is 184 Å². The summed E-state index contributed by atoms with van der Waals surface area (Å²) >= 11 is 0. The number of hydrogen-bond donors (Lipinski definition) is 1. The van der Waals surface area contributed by atoms with Crippen molar-refractivity contribution in [1.29, 1.82) is 0 Å². The number of halogens is 1. The Bertz CT molecular complexity index is 1220. The number of ketones is 1. The SMILES string of the molecule is COc1cccc([C@H]2C(=C(O)c3ccc(C)c(F)c3)C(=O)C(=O)N2Cc2ccncc2)c1. The first kappa shape index (κ1) is 21.2. The van der Waals surface area contributed by atoms with Gasteiger partial charge in [-0.2, -0.15) is 0 Å². The summed E-state index contributed by atoms with van der Waals surface area (Å²) < 4.78 is 19.5. The first-order valence-electron chi connectivity index (χ1n) is 9.98. The summed E-state index contributed by atoms with van der Waals surface area (Å²) in [6, 6.07) is 13.8. The van der Waals surface area contributed by atoms with Crippen molar-refractivity contribution in [2.45, 2.75) is 19.5 Å². The number of ether oxygens (including phenoxy) is 1. The van der Waals surface area contributed by atoms with E-state index in [1.807, 2.05) is 0 Å². The number of Topliss-reactive ketones (excluding diaryl/α,β-unsaturated/α-hetero) is 1. The molecule has 0 aliphatic carbocycles. The topological polar surface area (TPSA) is 79.7 Å². The Morgan fingerprint density at radius 3 is 2.56 bits per heavy atom. The molecule has 1 atom stereocenters. The van der Waals surface area contributed by atoms with Crippen LogP contribution in [0.2, 0.25) is 0 Å². The number of hydrogen-bond acceptors (Lipinski definition) is 5. The van der Waals surface area contributed by atoms with Gasteiger partial charge in [-0.15, -0.1) is 0 Å². The van der Waals surface area contributed by atoms with Crippen LogP contribution in [0.25, 0.3) is 5.76 Å². The summed E-state index contributed by atoms with van der Waals surface area (Å²) in [5.41, 5.74) is 1.80. The first-order valence-corrected chi connectivity index (χ1v) is 9.98. The summed E-state index contributed by atoms with van der Waals surface area (Å²) in [6.07, 6.45) is 3.20. The maximum Gasteiger partial charge on any atom is 0.295 e. The van der Waals surface area contributed by atoms with Crippen LogP contribution >= 0.6 is 0 Å². The average Bonchev–Trinajstić information content (AvgIpc) is 3.06. The number of carbonyl (C=O) groups is 2. The zero-order valence-electron chi connectivity index (χ0n) is 17.6. The van der Waals surface area contributed by atoms with Crippen molar-refractivity contribution in [3.63, 3.8) is 0 Å². The molecule has 6 nitrogen and oxygen atoms in total. The number of nitrogens with zero attached hydrogens (tertiary/aromatic N) is 2. The van der Waals surface area contributed by atoms with Crippen molar-refractivity contribution in [3.8, 4) is 5.75 Å². The Balaban J connectivity index is 1.89. The molecular formula is C25H21FN2O4. The number of benzene rings is 2. The van der Waals surface area contributed by atoms with Crippen molar-refractivity contribution in [3.05, 3.63) is 101 Å². The second-order valence-electron chi connectivity index (χ2n) is 7.52. The molecule has 3 aromatic rings. The van der Waals surface area contributed by atoms with E-state index in [0.717, 1.165) is 11.6 Å². The molecule has 1 saturated heterocycles. The molecule has 1 fully saturated rings. The molecule has 1 aromatic heterocycles. The molecule has 1 N–H and O–H groups in total. The summed E-state index contributed by atoms with van der Waals surface area (Å²) in [4.78, 5) is 31.5. The number of pyridine rings is 1. The van der Waals surface area contributed by atoms with Crippen LogP contribution in [0.3, 0.4) is 0 Å². The minimum absolute atomic E-state index is 0.0967. The second-order valence-corrected chi connectivity index (χ2v) is 7.52. The normalized spacial score (nSPS) is 17.6. The summed E-state index contributed by atoms with van der Waals surface area (Å²) in [7, 11) is 1.52. The lowest BCUT2D eigenvalue weighted by Gasteiger charge is -2.25. The van der Waals surface area contributed by atoms with E-state index < -0.39 is 29.3 Å². The van der Waals surface area contributed by atoms with Gasteiger partial charge in [-0.25, -0.2) is 4.39 Å². The van der Waals surface area contributed by atoms with E-state index in [0.29, 0.717) is 16.9 Å². The molecule has 32 heavy (non-hydrogen) atoms. The lowest BCUT2D eigenvalue weighted by atomic mass is 9.94. The molecule has 4 rings (SSSR count). The molecule has 162 valence electrons. The molecule has 0 radical (unpaired) electrons. The number of amides is 1. The molecule has 2 aromatic carbocycles. The molecule has 0 bridgehead atoms. The monoisotopic (exact) mass is 432 g/mol. The highest BCUT2D eigenvalue weighted by molar-refractivity contribution is 6.46. The molecule has 1 amide bonds. The average molecular weight is 432 g/mol. The van der Waals surface area contributed by atoms with E-state index in [1.54, 1.807) is 55.7 Å². The van der Waals surface area contributed by atoms with Crippen molar-refractivity contribution < 1.29 is 23.8 Å². The fourth-order valence-electron chi connectivity index (χ4n) is 3.78. The van der Waals surface area contributed by atoms with Gasteiger partial charge in [0.15, 0.2) is 0 Å². The van der Waals surface area contributed by atoms with Crippen LogP contribution in [0.5, 0.6) is 5.75 Å². The summed E-state index contributed by atoms with van der Waals surface area (Å²) in [6.45, 7) is 1.73. The van der Waals surface area contributed by atoms with Crippen LogP contribution in [0, 0.1) is 12.7 Å². The molecule has 0 saturated carbocycles. The standard InChI is InChI=1S/C25H21FN2O4/c1-15-6-7-18(13-20(15)26)23(29)21-22(17-4-3-5-19(12-17)32-2)28(25(31)24(21)30)14-16-8-10-27-11-9-16/h3-13,22,29H,14H2,1-2H3/t22-/m0/s1. The molecule has 2 heterocycles. The van der Waals surface area contributed by atoms with Gasteiger partial charge >= 0.3 is 0 Å². The van der Waals surface area contributed by atoms with Gasteiger partial charge in [0.25, 0.3) is 11.7 Å². The highest BCUT2D eigenvalue weighted by Gasteiger charge is 2.46. The van der Waals surface area contributed by atoms with Gasteiger partial charge in [0.1, 0.15) is 17.3 Å². The third-order valence-corrected chi connectivity index (χ3v) is 5.50. The highest BCUT2D eigenvalue weighted by atomic mass is 19.1. The van der Waals surface area contributed by atoms with Gasteiger partial charge < -0.3 is 14.7 Å². The Morgan fingerprint density at radius 2 is 1.88 bits per heavy atom. The van der Waals surface area contributed by atoms with Crippen LogP contribution in [-0.4, -0.2) is 33.8 Å². The number of rotatable bonds is 5. The van der Waals surface area contributed by atoms with E-state index >= 15 is 0 Å². The van der Waals surface area contributed by atoms with Crippen molar-refractivity contribution in [2.75, 3.05) is 7.11 Å². The lowest BCUT2D eigenvalue weighted by Crippen LogP contribution is -2.29. The van der Waals surface area contributed by atoms with E-state index in [9.17, 15) is 19.1 Å². The number of likely N-dealkylation sites (tertiary alicyclic amines) is 1. The third-order valence-electron chi connectivity index (χ3n) is 5.50. The Kier molecular flexibility index (Phi) is 5.73. The van der Waals surface area contributed by atoms with Crippen LogP contribution in [0.15, 0.2) is 72.6 Å². The third kappa shape index (κ3) is 3.85. The van der Waals surface area contributed by atoms with E-state index in [2.05, 4.69) is 4.98 Å². The minimum Gasteiger partial charge on any atom is -0.507 e. The minimum atomic E-state index is -0.873. The van der Waals surface area contributed by atoms with Gasteiger partial charge in [-0.1, -0.05) is 24.3 Å². The van der Waals surface area contributed by atoms with E-state index in [1.165, 1.54) is 24.1 Å². The predicted octanol–water partition coefficient (Wildman–Crippen LogP) is 4.16. The van der Waals surface area contributed by atoms with Gasteiger partial charge in [-0.05, 0) is 53.9 Å². The second kappa shape index (κ2) is 8.63. The number of methoxy groups -OCH3 is 1. The summed E-state index contributed by atoms with van der Waals surface area (Å²) in [5.74, 6) is -1.97. The quantitative estimate of drug-likeness (QED) is 0.372. The fourth-order valence-corrected chi connectivity index (χ4v) is 3.78. The smallest absolute Gasteiger partial charge is 0.295 e. The molecule has 0 spiro atoms. The lowest BCUT2D eigenvalue weighted by molar-refractivity contribution is -0.140. The number of aliphatic hydroxyl groups excluding tert-OH is 1. The molecular weight excluding hydrogens is 411 g/mol. The van der Waals surface area contributed by atoms with E-state index in [4.69, 9.17) is 4.74 Å².